The van der Waals surface area contributed by atoms with E-state index >= 15 is 0 Å². The van der Waals surface area contributed by atoms with Crippen molar-refractivity contribution in [1.29, 1.82) is 0 Å². The van der Waals surface area contributed by atoms with Crippen molar-refractivity contribution in [2.24, 2.45) is 0 Å². The maximum Gasteiger partial charge on any atom is 3.00 e. The van der Waals surface area contributed by atoms with E-state index in [0.717, 1.165) is 0 Å². The molecule has 181 valence electrons. The molecule has 0 aromatic heterocycles. The molecule has 0 saturated heterocycles. The minimum absolute atomic E-state index is 0. The quantitative estimate of drug-likeness (QED) is 0.197. The monoisotopic (exact) mass is 513 g/mol. The molecule has 1 radical (unpaired) electrons. The third-order valence-electron chi connectivity index (χ3n) is 7.98. The zero-order chi connectivity index (χ0) is 23.3. The van der Waals surface area contributed by atoms with Crippen LogP contribution >= 0.6 is 0 Å². The van der Waals surface area contributed by atoms with Crippen LogP contribution in [0.1, 0.15) is 49.9 Å². The van der Waals surface area contributed by atoms with Crippen molar-refractivity contribution in [1.82, 2.24) is 0 Å². The molecule has 0 saturated carbocycles. The Morgan fingerprint density at radius 2 is 1.00 bits per heavy atom. The van der Waals surface area contributed by atoms with E-state index in [1.54, 1.807) is 10.4 Å². The average molecular weight is 514 g/mol. The molecule has 0 nitrogen and oxygen atoms in total. The maximum atomic E-state index is 4.08. The van der Waals surface area contributed by atoms with Crippen LogP contribution in [0.3, 0.4) is 0 Å². The normalized spacial score (nSPS) is 17.2. The molecule has 0 fully saturated rings. The van der Waals surface area contributed by atoms with E-state index < -0.39 is 8.07 Å². The molecule has 2 heteroatoms. The van der Waals surface area contributed by atoms with Crippen LogP contribution in [0.5, 0.6) is 0 Å². The van der Waals surface area contributed by atoms with Crippen LogP contribution in [-0.2, 0) is 21.7 Å². The van der Waals surface area contributed by atoms with Crippen LogP contribution in [0.15, 0.2) is 83.4 Å². The number of hydrogen-bond acceptors (Lipinski definition) is 0. The second-order valence-electron chi connectivity index (χ2n) is 9.77. The summed E-state index contributed by atoms with van der Waals surface area (Å²) in [6.45, 7) is 18.6. The summed E-state index contributed by atoms with van der Waals surface area (Å²) in [6, 6.07) is 25.0. The Morgan fingerprint density at radius 3 is 1.34 bits per heavy atom. The largest absolute Gasteiger partial charge is 3.00 e. The van der Waals surface area contributed by atoms with Gasteiger partial charge < -0.3 is 14.9 Å². The number of aryl methyl sites for hydroxylation is 4. The molecule has 35 heavy (non-hydrogen) atoms. The van der Waals surface area contributed by atoms with Gasteiger partial charge in [-0.2, -0.15) is 11.1 Å². The van der Waals surface area contributed by atoms with E-state index in [9.17, 15) is 0 Å². The molecule has 0 aliphatic heterocycles. The topological polar surface area (TPSA) is 0 Å². The van der Waals surface area contributed by atoms with Crippen molar-refractivity contribution in [3.05, 3.63) is 127 Å². The molecule has 0 N–H and O–H groups in total. The molecule has 4 rings (SSSR count). The third kappa shape index (κ3) is 4.52. The van der Waals surface area contributed by atoms with Crippen LogP contribution in [0.25, 0.3) is 0 Å². The number of rotatable bonds is 4. The molecule has 1 aliphatic rings. The van der Waals surface area contributed by atoms with E-state index in [2.05, 4.69) is 128 Å². The minimum atomic E-state index is -2.63. The van der Waals surface area contributed by atoms with Crippen LogP contribution in [0.4, 0.5) is 0 Å². The maximum absolute atomic E-state index is 4.08. The van der Waals surface area contributed by atoms with Crippen molar-refractivity contribution < 1.29 is 21.7 Å². The van der Waals surface area contributed by atoms with E-state index in [1.165, 1.54) is 44.2 Å². The Morgan fingerprint density at radius 1 is 0.600 bits per heavy atom. The molecule has 0 spiro atoms. The fraction of sp³-hybridized carbons (Fsp3) is 0.273. The van der Waals surface area contributed by atoms with Crippen molar-refractivity contribution in [3.8, 4) is 0 Å². The van der Waals surface area contributed by atoms with Gasteiger partial charge in [0.25, 0.3) is 0 Å². The molecule has 3 aromatic carbocycles. The predicted molar refractivity (Wildman–Crippen MR) is 155 cm³/mol. The SMILES string of the molecule is CC1=[C-]C(C)([Si](c2ccccc2)(c2c(C)cccc2C)c2c(C)cccc2C)C(C)=C1C.[CH3-].[CH3-].[Ti+3]. The summed E-state index contributed by atoms with van der Waals surface area (Å²) in [5.74, 6) is 0. The Labute approximate surface area is 231 Å². The van der Waals surface area contributed by atoms with Crippen molar-refractivity contribution in [2.45, 2.75) is 60.4 Å². The standard InChI is InChI=1S/C31H35Si.2CH3.Ti/c1-21-14-12-15-22(2)29(21)32(28-18-10-9-11-19-28,30-23(3)16-13-17-24(30)4)31(8)20-25(5)26(6)27(31)7;;;/h9-19H,1-8H3;2*1H3;/q3*-1;+3. The smallest absolute Gasteiger partial charge is 0.358 e. The van der Waals surface area contributed by atoms with Crippen LogP contribution < -0.4 is 15.6 Å². The van der Waals surface area contributed by atoms with Gasteiger partial charge in [0.05, 0.1) is 0 Å². The minimum Gasteiger partial charge on any atom is -0.358 e. The van der Waals surface area contributed by atoms with Gasteiger partial charge in [-0.25, -0.2) is 5.57 Å². The van der Waals surface area contributed by atoms with Gasteiger partial charge >= 0.3 is 21.7 Å². The van der Waals surface area contributed by atoms with Crippen molar-refractivity contribution >= 4 is 23.6 Å². The molecular weight excluding hydrogens is 472 g/mol. The average Bonchev–Trinajstić information content (AvgIpc) is 2.96. The summed E-state index contributed by atoms with van der Waals surface area (Å²) < 4.78 is 0. The predicted octanol–water partition coefficient (Wildman–Crippen LogP) is 7.15. The Bertz CT molecular complexity index is 1160. The fourth-order valence-corrected chi connectivity index (χ4v) is 13.2. The molecule has 3 aromatic rings. The van der Waals surface area contributed by atoms with Crippen LogP contribution in [0, 0.1) is 48.6 Å². The number of hydrogen-bond donors (Lipinski definition) is 0. The summed E-state index contributed by atoms with van der Waals surface area (Å²) in [4.78, 5) is 0. The molecule has 1 atom stereocenters. The van der Waals surface area contributed by atoms with Gasteiger partial charge in [0.15, 0.2) is 0 Å². The van der Waals surface area contributed by atoms with Crippen LogP contribution in [0.2, 0.25) is 5.04 Å². The fourth-order valence-electron chi connectivity index (χ4n) is 6.30. The summed E-state index contributed by atoms with van der Waals surface area (Å²) in [6.07, 6.45) is 4.08. The second-order valence-corrected chi connectivity index (χ2v) is 13.9. The number of allylic oxidation sites excluding steroid dienone is 4. The second kappa shape index (κ2) is 11.4. The van der Waals surface area contributed by atoms with E-state index in [-0.39, 0.29) is 41.6 Å². The van der Waals surface area contributed by atoms with Gasteiger partial charge in [0, 0.05) is 0 Å². The Kier molecular flexibility index (Phi) is 10.1. The Hall–Kier alpha value is -1.93. The van der Waals surface area contributed by atoms with E-state index in [1.807, 2.05) is 0 Å². The van der Waals surface area contributed by atoms with Gasteiger partial charge in [0.2, 0.25) is 0 Å². The third-order valence-corrected chi connectivity index (χ3v) is 14.3. The van der Waals surface area contributed by atoms with Crippen LogP contribution in [-0.4, -0.2) is 8.07 Å². The zero-order valence-electron chi connectivity index (χ0n) is 23.4. The first-order chi connectivity index (χ1) is 15.2. The van der Waals surface area contributed by atoms with Crippen molar-refractivity contribution in [3.63, 3.8) is 0 Å². The van der Waals surface area contributed by atoms with Gasteiger partial charge in [0.1, 0.15) is 8.07 Å². The van der Waals surface area contributed by atoms with Gasteiger partial charge in [-0.1, -0.05) is 115 Å². The number of benzene rings is 3. The van der Waals surface area contributed by atoms with E-state index in [0.29, 0.717) is 0 Å². The van der Waals surface area contributed by atoms with Gasteiger partial charge in [-0.05, 0) is 43.3 Å². The molecule has 1 unspecified atom stereocenters. The van der Waals surface area contributed by atoms with Crippen molar-refractivity contribution in [2.75, 3.05) is 0 Å². The molecule has 0 bridgehead atoms. The molecule has 0 amide bonds. The summed E-state index contributed by atoms with van der Waals surface area (Å²) >= 11 is 0. The molecular formula is C33H41SiTi. The molecule has 0 heterocycles. The molecule has 1 aliphatic carbocycles. The first kappa shape index (κ1) is 31.1. The van der Waals surface area contributed by atoms with Gasteiger partial charge in [-0.15, -0.1) is 6.92 Å². The van der Waals surface area contributed by atoms with E-state index in [4.69, 9.17) is 0 Å². The Balaban J connectivity index is 0.00000204. The first-order valence-electron chi connectivity index (χ1n) is 11.6. The first-order valence-corrected chi connectivity index (χ1v) is 13.6. The zero-order valence-corrected chi connectivity index (χ0v) is 25.9. The van der Waals surface area contributed by atoms with Gasteiger partial charge in [-0.3, -0.25) is 6.08 Å². The summed E-state index contributed by atoms with van der Waals surface area (Å²) in [5, 5.41) is 4.36. The summed E-state index contributed by atoms with van der Waals surface area (Å²) in [7, 11) is -2.63. The summed E-state index contributed by atoms with van der Waals surface area (Å²) in [5.41, 5.74) is 9.73.